The fourth-order valence-corrected chi connectivity index (χ4v) is 6.71. The first-order valence-electron chi connectivity index (χ1n) is 8.78. The van der Waals surface area contributed by atoms with Crippen LogP contribution in [-0.2, 0) is 9.53 Å². The van der Waals surface area contributed by atoms with E-state index in [9.17, 15) is 9.90 Å². The van der Waals surface area contributed by atoms with Gasteiger partial charge in [0.05, 0.1) is 6.61 Å². The van der Waals surface area contributed by atoms with Gasteiger partial charge in [-0.3, -0.25) is 0 Å². The van der Waals surface area contributed by atoms with Crippen LogP contribution < -0.4 is 0 Å². The van der Waals surface area contributed by atoms with Gasteiger partial charge in [0.15, 0.2) is 0 Å². The maximum Gasteiger partial charge on any atom is 0.330 e. The number of aliphatic hydroxyl groups is 1. The molecule has 4 aliphatic carbocycles. The van der Waals surface area contributed by atoms with E-state index >= 15 is 0 Å². The number of carbonyl (C=O) groups excluding carboxylic acids is 1. The summed E-state index contributed by atoms with van der Waals surface area (Å²) in [6.45, 7) is 9.06. The highest BCUT2D eigenvalue weighted by Gasteiger charge is 2.67. The minimum atomic E-state index is -0.320. The quantitative estimate of drug-likeness (QED) is 0.601. The summed E-state index contributed by atoms with van der Waals surface area (Å²) in [5, 5.41) is 9.70. The number of esters is 1. The van der Waals surface area contributed by atoms with Gasteiger partial charge >= 0.3 is 5.97 Å². The zero-order valence-electron chi connectivity index (χ0n) is 14.1. The number of rotatable bonds is 6. The molecule has 3 unspecified atom stereocenters. The molecule has 22 heavy (non-hydrogen) atoms. The van der Waals surface area contributed by atoms with Gasteiger partial charge in [0, 0.05) is 12.7 Å². The van der Waals surface area contributed by atoms with Crippen molar-refractivity contribution in [1.29, 1.82) is 0 Å². The second-order valence-electron chi connectivity index (χ2n) is 8.55. The van der Waals surface area contributed by atoms with Crippen molar-refractivity contribution in [3.63, 3.8) is 0 Å². The monoisotopic (exact) mass is 306 g/mol. The topological polar surface area (TPSA) is 46.5 Å². The fourth-order valence-electron chi connectivity index (χ4n) is 6.71. The van der Waals surface area contributed by atoms with Crippen LogP contribution in [0.2, 0.25) is 0 Å². The van der Waals surface area contributed by atoms with Crippen molar-refractivity contribution in [1.82, 2.24) is 0 Å². The Labute approximate surface area is 134 Å². The van der Waals surface area contributed by atoms with Gasteiger partial charge < -0.3 is 9.84 Å². The van der Waals surface area contributed by atoms with Crippen LogP contribution in [0.5, 0.6) is 0 Å². The van der Waals surface area contributed by atoms with E-state index in [0.29, 0.717) is 12.0 Å². The Balaban J connectivity index is 1.85. The lowest BCUT2D eigenvalue weighted by Crippen LogP contribution is -2.64. The first kappa shape index (κ1) is 16.0. The van der Waals surface area contributed by atoms with Crippen LogP contribution in [-0.4, -0.2) is 24.3 Å². The van der Waals surface area contributed by atoms with Gasteiger partial charge in [0.2, 0.25) is 0 Å². The molecule has 0 aliphatic heterocycles. The average Bonchev–Trinajstić information content (AvgIpc) is 2.44. The molecule has 124 valence electrons. The molecule has 4 aliphatic rings. The van der Waals surface area contributed by atoms with Crippen LogP contribution in [0.1, 0.15) is 58.8 Å². The fraction of sp³-hybridized carbons (Fsp3) is 0.842. The van der Waals surface area contributed by atoms with Gasteiger partial charge in [-0.05, 0) is 73.0 Å². The Bertz CT molecular complexity index is 455. The molecule has 3 heteroatoms. The zero-order chi connectivity index (χ0) is 16.0. The first-order valence-corrected chi connectivity index (χ1v) is 8.78. The third-order valence-corrected chi connectivity index (χ3v) is 7.61. The number of hydrogen-bond donors (Lipinski definition) is 1. The summed E-state index contributed by atoms with van der Waals surface area (Å²) in [7, 11) is 0. The number of carbonyl (C=O) groups is 1. The lowest BCUT2D eigenvalue weighted by Gasteiger charge is -2.72. The Morgan fingerprint density at radius 2 is 1.86 bits per heavy atom. The molecule has 4 saturated carbocycles. The van der Waals surface area contributed by atoms with E-state index in [1.165, 1.54) is 38.2 Å². The largest absolute Gasteiger partial charge is 0.463 e. The second-order valence-corrected chi connectivity index (χ2v) is 8.55. The molecule has 3 nitrogen and oxygen atoms in total. The summed E-state index contributed by atoms with van der Waals surface area (Å²) in [5.74, 6) is 1.35. The van der Waals surface area contributed by atoms with E-state index in [2.05, 4.69) is 20.4 Å². The minimum absolute atomic E-state index is 0.156. The number of hydrogen-bond acceptors (Lipinski definition) is 3. The van der Waals surface area contributed by atoms with Crippen molar-refractivity contribution >= 4 is 5.97 Å². The van der Waals surface area contributed by atoms with Crippen LogP contribution in [0, 0.1) is 28.1 Å². The highest BCUT2D eigenvalue weighted by atomic mass is 16.5. The molecular formula is C19H30O3. The van der Waals surface area contributed by atoms with E-state index < -0.39 is 0 Å². The van der Waals surface area contributed by atoms with Crippen molar-refractivity contribution in [2.45, 2.75) is 58.8 Å². The van der Waals surface area contributed by atoms with Crippen LogP contribution in [0.3, 0.4) is 0 Å². The minimum Gasteiger partial charge on any atom is -0.463 e. The van der Waals surface area contributed by atoms with Crippen LogP contribution in [0.15, 0.2) is 12.7 Å². The first-order chi connectivity index (χ1) is 10.4. The maximum absolute atomic E-state index is 11.4. The normalized spacial score (nSPS) is 45.8. The summed E-state index contributed by atoms with van der Waals surface area (Å²) < 4.78 is 5.32. The summed E-state index contributed by atoms with van der Waals surface area (Å²) in [4.78, 5) is 11.4. The van der Waals surface area contributed by atoms with Gasteiger partial charge in [-0.2, -0.15) is 0 Å². The predicted octanol–water partition coefficient (Wildman–Crippen LogP) is 3.71. The van der Waals surface area contributed by atoms with Gasteiger partial charge in [-0.15, -0.1) is 0 Å². The van der Waals surface area contributed by atoms with Gasteiger partial charge in [0.25, 0.3) is 0 Å². The van der Waals surface area contributed by atoms with Crippen LogP contribution in [0.25, 0.3) is 0 Å². The van der Waals surface area contributed by atoms with Gasteiger partial charge in [-0.1, -0.05) is 20.4 Å². The third-order valence-electron chi connectivity index (χ3n) is 7.61. The molecule has 1 N–H and O–H groups in total. The molecule has 0 heterocycles. The van der Waals surface area contributed by atoms with E-state index in [0.717, 1.165) is 24.7 Å². The lowest BCUT2D eigenvalue weighted by molar-refractivity contribution is -0.230. The number of ether oxygens (including phenoxy) is 1. The molecule has 4 fully saturated rings. The van der Waals surface area contributed by atoms with Crippen molar-refractivity contribution in [2.75, 3.05) is 13.2 Å². The molecular weight excluding hydrogens is 276 g/mol. The Kier molecular flexibility index (Phi) is 3.91. The van der Waals surface area contributed by atoms with Crippen molar-refractivity contribution in [3.05, 3.63) is 12.7 Å². The molecule has 0 radical (unpaired) electrons. The maximum atomic E-state index is 11.4. The Morgan fingerprint density at radius 3 is 2.41 bits per heavy atom. The highest BCUT2D eigenvalue weighted by Crippen LogP contribution is 2.75. The Hall–Kier alpha value is -0.830. The van der Waals surface area contributed by atoms with E-state index in [1.807, 2.05) is 0 Å². The smallest absolute Gasteiger partial charge is 0.330 e. The molecule has 0 spiro atoms. The summed E-state index contributed by atoms with van der Waals surface area (Å²) in [5.41, 5.74) is 0.723. The Morgan fingerprint density at radius 1 is 1.23 bits per heavy atom. The highest BCUT2D eigenvalue weighted by molar-refractivity contribution is 5.81. The SMILES string of the molecule is C=CC(=O)OCCC12CC3CC(CC(C)(C3)C1(C)CCO)C2. The van der Waals surface area contributed by atoms with Gasteiger partial charge in [0.1, 0.15) is 0 Å². The van der Waals surface area contributed by atoms with Crippen molar-refractivity contribution in [3.8, 4) is 0 Å². The molecule has 4 bridgehead atoms. The molecule has 0 aromatic carbocycles. The van der Waals surface area contributed by atoms with Crippen molar-refractivity contribution < 1.29 is 14.6 Å². The van der Waals surface area contributed by atoms with Gasteiger partial charge in [-0.25, -0.2) is 4.79 Å². The molecule has 3 atom stereocenters. The van der Waals surface area contributed by atoms with E-state index in [-0.39, 0.29) is 23.4 Å². The summed E-state index contributed by atoms with van der Waals surface area (Å²) in [6.07, 6.45) is 9.57. The average molecular weight is 306 g/mol. The molecule has 0 amide bonds. The standard InChI is InChI=1S/C19H30O3/c1-4-16(21)22-8-6-19-12-14-9-15(13-19)11-17(2,10-14)18(19,3)5-7-20/h4,14-15,20H,1,5-13H2,2-3H3. The van der Waals surface area contributed by atoms with Crippen LogP contribution >= 0.6 is 0 Å². The molecule has 4 rings (SSSR count). The second kappa shape index (κ2) is 5.36. The summed E-state index contributed by atoms with van der Waals surface area (Å²) >= 11 is 0. The molecule has 0 aromatic rings. The van der Waals surface area contributed by atoms with E-state index in [4.69, 9.17) is 4.74 Å². The van der Waals surface area contributed by atoms with Crippen molar-refractivity contribution in [2.24, 2.45) is 28.1 Å². The molecule has 0 saturated heterocycles. The number of aliphatic hydroxyl groups excluding tert-OH is 1. The third kappa shape index (κ3) is 2.16. The zero-order valence-corrected chi connectivity index (χ0v) is 14.1. The molecule has 0 aromatic heterocycles. The van der Waals surface area contributed by atoms with E-state index in [1.54, 1.807) is 0 Å². The lowest BCUT2D eigenvalue weighted by atomic mass is 9.33. The van der Waals surface area contributed by atoms with Crippen LogP contribution in [0.4, 0.5) is 0 Å². The summed E-state index contributed by atoms with van der Waals surface area (Å²) in [6, 6.07) is 0. The predicted molar refractivity (Wildman–Crippen MR) is 86.2 cm³/mol.